The summed E-state index contributed by atoms with van der Waals surface area (Å²) < 4.78 is 4.44. The van der Waals surface area contributed by atoms with Crippen molar-refractivity contribution in [2.24, 2.45) is 0 Å². The van der Waals surface area contributed by atoms with Crippen molar-refractivity contribution >= 4 is 12.3 Å². The molecule has 2 rings (SSSR count). The second kappa shape index (κ2) is 8.50. The summed E-state index contributed by atoms with van der Waals surface area (Å²) in [5, 5.41) is 0. The number of carbonyl (C=O) groups excluding carboxylic acids is 2. The maximum absolute atomic E-state index is 10.8. The average molecular weight is 272 g/mol. The Bertz CT molecular complexity index is 412. The van der Waals surface area contributed by atoms with Gasteiger partial charge in [-0.15, -0.1) is 5.56 Å². The molecule has 0 unspecified atom stereocenters. The molecule has 0 N–H and O–H groups in total. The minimum atomic E-state index is -0.418. The van der Waals surface area contributed by atoms with Gasteiger partial charge in [0, 0.05) is 17.1 Å². The summed E-state index contributed by atoms with van der Waals surface area (Å²) in [6.45, 7) is 0. The van der Waals surface area contributed by atoms with E-state index in [9.17, 15) is 9.59 Å². The summed E-state index contributed by atoms with van der Waals surface area (Å²) >= 11 is 0. The third-order valence-electron chi connectivity index (χ3n) is 1.89. The van der Waals surface area contributed by atoms with Crippen LogP contribution in [-0.4, -0.2) is 19.4 Å². The van der Waals surface area contributed by atoms with Crippen LogP contribution in [-0.2, 0) is 21.8 Å². The summed E-state index contributed by atoms with van der Waals surface area (Å²) in [5.74, 6) is -0.418. The number of hydrogen-bond acceptors (Lipinski definition) is 3. The van der Waals surface area contributed by atoms with Crippen LogP contribution in [0.5, 0.6) is 0 Å². The van der Waals surface area contributed by atoms with Crippen molar-refractivity contribution in [3.63, 3.8) is 0 Å². The predicted molar refractivity (Wildman–Crippen MR) is 60.8 cm³/mol. The molecule has 0 radical (unpaired) electrons. The van der Waals surface area contributed by atoms with Gasteiger partial charge in [0.1, 0.15) is 0 Å². The average Bonchev–Trinajstić information content (AvgIpc) is 3.01. The third-order valence-corrected chi connectivity index (χ3v) is 1.89. The molecule has 17 heavy (non-hydrogen) atoms. The number of rotatable bonds is 2. The Labute approximate surface area is 111 Å². The van der Waals surface area contributed by atoms with Crippen LogP contribution in [0.4, 0.5) is 0 Å². The van der Waals surface area contributed by atoms with Crippen molar-refractivity contribution in [2.45, 2.75) is 0 Å². The van der Waals surface area contributed by atoms with Gasteiger partial charge in [-0.05, 0) is 0 Å². The van der Waals surface area contributed by atoms with E-state index in [1.807, 2.05) is 30.3 Å². The number of esters is 1. The van der Waals surface area contributed by atoms with E-state index in [4.69, 9.17) is 0 Å². The van der Waals surface area contributed by atoms with Crippen molar-refractivity contribution in [1.82, 2.24) is 0 Å². The van der Waals surface area contributed by atoms with Crippen LogP contribution >= 0.6 is 0 Å². The predicted octanol–water partition coefficient (Wildman–Crippen LogP) is 2.41. The molecule has 0 fully saturated rings. The molecule has 0 spiro atoms. The standard InChI is InChI=1S/C8H7O3.C5H5.Fe/c1-11-8(10)7-3-2-6(4-7)5-9;1-2-4-5-3-1;/h2-5H,1H3;1-5H;/q-1;-5;. The van der Waals surface area contributed by atoms with Crippen LogP contribution in [0, 0.1) is 0 Å². The first-order valence-corrected chi connectivity index (χ1v) is 4.75. The number of carbonyl (C=O) groups is 2. The van der Waals surface area contributed by atoms with Gasteiger partial charge in [-0.1, -0.05) is 5.56 Å². The molecular formula is C13H12FeO3-6. The Morgan fingerprint density at radius 3 is 2.18 bits per heavy atom. The van der Waals surface area contributed by atoms with E-state index < -0.39 is 5.97 Å². The van der Waals surface area contributed by atoms with Crippen molar-refractivity contribution in [1.29, 1.82) is 0 Å². The molecule has 0 saturated heterocycles. The fourth-order valence-electron chi connectivity index (χ4n) is 1.10. The van der Waals surface area contributed by atoms with Crippen LogP contribution in [0.2, 0.25) is 0 Å². The molecule has 2 aromatic carbocycles. The van der Waals surface area contributed by atoms with Crippen molar-refractivity contribution in [3.8, 4) is 0 Å². The minimum absolute atomic E-state index is 0. The largest absolute Gasteiger partial charge is 0.748 e. The van der Waals surface area contributed by atoms with Crippen molar-refractivity contribution in [3.05, 3.63) is 59.7 Å². The van der Waals surface area contributed by atoms with Crippen LogP contribution in [0.25, 0.3) is 0 Å². The van der Waals surface area contributed by atoms with E-state index in [-0.39, 0.29) is 17.1 Å². The molecular weight excluding hydrogens is 260 g/mol. The Morgan fingerprint density at radius 2 is 1.82 bits per heavy atom. The van der Waals surface area contributed by atoms with Crippen LogP contribution in [0.1, 0.15) is 20.7 Å². The summed E-state index contributed by atoms with van der Waals surface area (Å²) in [6.07, 6.45) is 0.687. The molecule has 0 aliphatic heterocycles. The monoisotopic (exact) mass is 272 g/mol. The Morgan fingerprint density at radius 1 is 1.29 bits per heavy atom. The molecule has 0 aliphatic carbocycles. The molecule has 96 valence electrons. The van der Waals surface area contributed by atoms with E-state index in [2.05, 4.69) is 4.74 Å². The molecule has 0 atom stereocenters. The fraction of sp³-hybridized carbons (Fsp3) is 0.0769. The molecule has 0 amide bonds. The summed E-state index contributed by atoms with van der Waals surface area (Å²) in [5.41, 5.74) is 0.903. The molecule has 0 bridgehead atoms. The van der Waals surface area contributed by atoms with Gasteiger partial charge in [-0.2, -0.15) is 12.1 Å². The maximum Gasteiger partial charge on any atom is 0.280 e. The molecule has 3 nitrogen and oxygen atoms in total. The Kier molecular flexibility index (Phi) is 7.68. The smallest absolute Gasteiger partial charge is 0.280 e. The Balaban J connectivity index is 0.000000360. The number of hydrogen-bond donors (Lipinski definition) is 0. The van der Waals surface area contributed by atoms with E-state index >= 15 is 0 Å². The van der Waals surface area contributed by atoms with E-state index in [1.54, 1.807) is 12.1 Å². The van der Waals surface area contributed by atoms with E-state index in [0.717, 1.165) is 0 Å². The van der Waals surface area contributed by atoms with Crippen LogP contribution in [0.3, 0.4) is 0 Å². The molecule has 4 heteroatoms. The fourth-order valence-corrected chi connectivity index (χ4v) is 1.10. The molecule has 0 heterocycles. The quantitative estimate of drug-likeness (QED) is 0.365. The first kappa shape index (κ1) is 15.4. The van der Waals surface area contributed by atoms with Gasteiger partial charge in [0.05, 0.1) is 13.4 Å². The molecule has 0 aromatic heterocycles. The number of aldehydes is 1. The van der Waals surface area contributed by atoms with Crippen LogP contribution < -0.4 is 0 Å². The third kappa shape index (κ3) is 5.29. The number of ether oxygens (including phenoxy) is 1. The van der Waals surface area contributed by atoms with E-state index in [0.29, 0.717) is 17.4 Å². The zero-order valence-electron chi connectivity index (χ0n) is 9.27. The van der Waals surface area contributed by atoms with Crippen molar-refractivity contribution in [2.75, 3.05) is 7.11 Å². The zero-order valence-corrected chi connectivity index (χ0v) is 10.4. The molecule has 2 aromatic rings. The maximum atomic E-state index is 10.8. The number of methoxy groups -OCH3 is 1. The van der Waals surface area contributed by atoms with Gasteiger partial charge < -0.3 is 39.9 Å². The Hall–Kier alpha value is -1.64. The normalized spacial score (nSPS) is 8.29. The van der Waals surface area contributed by atoms with Gasteiger partial charge in [0.25, 0.3) is 5.97 Å². The molecule has 0 aliphatic rings. The zero-order chi connectivity index (χ0) is 11.8. The second-order valence-electron chi connectivity index (χ2n) is 3.00. The van der Waals surface area contributed by atoms with Crippen molar-refractivity contribution < 1.29 is 31.4 Å². The van der Waals surface area contributed by atoms with Gasteiger partial charge in [0.2, 0.25) is 0 Å². The van der Waals surface area contributed by atoms with E-state index in [1.165, 1.54) is 13.2 Å². The first-order valence-electron chi connectivity index (χ1n) is 4.75. The topological polar surface area (TPSA) is 43.4 Å². The summed E-state index contributed by atoms with van der Waals surface area (Å²) in [6, 6.07) is 14.6. The summed E-state index contributed by atoms with van der Waals surface area (Å²) in [4.78, 5) is 21.0. The van der Waals surface area contributed by atoms with Gasteiger partial charge in [-0.25, -0.2) is 6.07 Å². The van der Waals surface area contributed by atoms with Crippen LogP contribution in [0.15, 0.2) is 48.5 Å². The van der Waals surface area contributed by atoms with Gasteiger partial charge in [-0.3, -0.25) is 4.79 Å². The SMILES string of the molecule is COC(=O)[c-]1ccc(C=O)c1.[Fe].[cH-]1[cH-][cH-][cH-][cH-]1. The minimum Gasteiger partial charge on any atom is -0.748 e. The van der Waals surface area contributed by atoms with Gasteiger partial charge in [0.15, 0.2) is 0 Å². The summed E-state index contributed by atoms with van der Waals surface area (Å²) in [7, 11) is 1.30. The first-order chi connectivity index (χ1) is 7.77. The molecule has 0 saturated carbocycles. The van der Waals surface area contributed by atoms with Gasteiger partial charge >= 0.3 is 0 Å². The second-order valence-corrected chi connectivity index (χ2v) is 3.00.